The maximum Gasteiger partial charge on any atom is 0.259 e. The summed E-state index contributed by atoms with van der Waals surface area (Å²) in [5.74, 6) is 0.157. The lowest BCUT2D eigenvalue weighted by atomic mass is 10.0. The van der Waals surface area contributed by atoms with Gasteiger partial charge in [-0.15, -0.1) is 0 Å². The molecule has 3 aliphatic rings. The molecule has 2 heterocycles. The Labute approximate surface area is 134 Å². The van der Waals surface area contributed by atoms with E-state index in [9.17, 15) is 14.7 Å². The van der Waals surface area contributed by atoms with E-state index in [1.807, 2.05) is 4.90 Å². The van der Waals surface area contributed by atoms with E-state index in [0.29, 0.717) is 23.4 Å². The molecule has 1 aliphatic carbocycles. The molecule has 2 atom stereocenters. The largest absolute Gasteiger partial charge is 0.398 e. The lowest BCUT2D eigenvalue weighted by Crippen LogP contribution is -2.51. The number of carbonyl (C=O) groups excluding carboxylic acids is 2. The van der Waals surface area contributed by atoms with Crippen molar-refractivity contribution < 1.29 is 14.7 Å². The standard InChI is InChI=1S/C17H21N3O3/c18-13-5-1-4-12-14(13)17(23)20(16(12)22)11-3-2-8-19(9-11)15(21)10-6-7-10/h1,4-5,10-11,16,22H,2-3,6-9,18H2/t11-,16?/m0/s1. The van der Waals surface area contributed by atoms with E-state index in [1.54, 1.807) is 18.2 Å². The SMILES string of the molecule is Nc1cccc2c1C(=O)N([C@H]1CCCN(C(=O)C3CC3)C1)C2O. The number of carbonyl (C=O) groups is 2. The molecule has 1 aromatic carbocycles. The minimum atomic E-state index is -0.970. The number of benzene rings is 1. The Morgan fingerprint density at radius 3 is 2.74 bits per heavy atom. The molecule has 2 fully saturated rings. The highest BCUT2D eigenvalue weighted by Gasteiger charge is 2.43. The maximum absolute atomic E-state index is 12.7. The molecule has 3 N–H and O–H groups in total. The van der Waals surface area contributed by atoms with Crippen LogP contribution in [0.3, 0.4) is 0 Å². The fourth-order valence-electron chi connectivity index (χ4n) is 3.78. The van der Waals surface area contributed by atoms with Crippen molar-refractivity contribution in [2.45, 2.75) is 38.0 Å². The predicted octanol–water partition coefficient (Wildman–Crippen LogP) is 1.12. The minimum absolute atomic E-state index is 0.152. The van der Waals surface area contributed by atoms with Gasteiger partial charge in [-0.3, -0.25) is 9.59 Å². The molecule has 23 heavy (non-hydrogen) atoms. The Balaban J connectivity index is 1.57. The maximum atomic E-state index is 12.7. The Morgan fingerprint density at radius 1 is 1.26 bits per heavy atom. The number of anilines is 1. The van der Waals surface area contributed by atoms with Crippen LogP contribution in [0.4, 0.5) is 5.69 Å². The van der Waals surface area contributed by atoms with Crippen LogP contribution in [-0.4, -0.2) is 45.9 Å². The number of nitrogen functional groups attached to an aromatic ring is 1. The van der Waals surface area contributed by atoms with Gasteiger partial charge in [-0.2, -0.15) is 0 Å². The molecule has 1 unspecified atom stereocenters. The molecule has 2 amide bonds. The van der Waals surface area contributed by atoms with Gasteiger partial charge in [0, 0.05) is 30.3 Å². The van der Waals surface area contributed by atoms with Crippen molar-refractivity contribution in [3.63, 3.8) is 0 Å². The van der Waals surface area contributed by atoms with Crippen molar-refractivity contribution in [3.05, 3.63) is 29.3 Å². The molecule has 1 saturated heterocycles. The normalized spacial score (nSPS) is 27.3. The summed E-state index contributed by atoms with van der Waals surface area (Å²) in [6.07, 6.45) is 2.64. The highest BCUT2D eigenvalue weighted by Crippen LogP contribution is 2.38. The minimum Gasteiger partial charge on any atom is -0.398 e. The van der Waals surface area contributed by atoms with E-state index >= 15 is 0 Å². The molecule has 1 aromatic rings. The lowest BCUT2D eigenvalue weighted by molar-refractivity contribution is -0.135. The van der Waals surface area contributed by atoms with Gasteiger partial charge in [0.25, 0.3) is 5.91 Å². The number of amides is 2. The number of nitrogens with zero attached hydrogens (tertiary/aromatic N) is 2. The second-order valence-corrected chi connectivity index (χ2v) is 6.75. The zero-order valence-electron chi connectivity index (χ0n) is 12.9. The van der Waals surface area contributed by atoms with Crippen LogP contribution in [0.15, 0.2) is 18.2 Å². The molecule has 0 spiro atoms. The van der Waals surface area contributed by atoms with E-state index in [2.05, 4.69) is 0 Å². The average Bonchev–Trinajstić information content (AvgIpc) is 3.35. The van der Waals surface area contributed by atoms with Gasteiger partial charge >= 0.3 is 0 Å². The molecular weight excluding hydrogens is 294 g/mol. The second-order valence-electron chi connectivity index (χ2n) is 6.75. The number of nitrogens with two attached hydrogens (primary N) is 1. The van der Waals surface area contributed by atoms with E-state index < -0.39 is 6.23 Å². The van der Waals surface area contributed by atoms with Gasteiger partial charge in [0.05, 0.1) is 11.6 Å². The van der Waals surface area contributed by atoms with Crippen molar-refractivity contribution in [1.29, 1.82) is 0 Å². The molecule has 2 aliphatic heterocycles. The summed E-state index contributed by atoms with van der Waals surface area (Å²) in [6.45, 7) is 1.26. The summed E-state index contributed by atoms with van der Waals surface area (Å²) in [6, 6.07) is 5.01. The number of likely N-dealkylation sites (tertiary alicyclic amines) is 1. The van der Waals surface area contributed by atoms with E-state index in [0.717, 1.165) is 32.2 Å². The quantitative estimate of drug-likeness (QED) is 0.801. The van der Waals surface area contributed by atoms with Crippen molar-refractivity contribution in [2.24, 2.45) is 5.92 Å². The summed E-state index contributed by atoms with van der Waals surface area (Å²) in [4.78, 5) is 28.4. The molecule has 6 nitrogen and oxygen atoms in total. The Morgan fingerprint density at radius 2 is 2.04 bits per heavy atom. The highest BCUT2D eigenvalue weighted by molar-refractivity contribution is 6.03. The van der Waals surface area contributed by atoms with Crippen LogP contribution in [0.1, 0.15) is 47.8 Å². The number of hydrogen-bond donors (Lipinski definition) is 2. The van der Waals surface area contributed by atoms with Gasteiger partial charge in [0.15, 0.2) is 6.23 Å². The number of piperidine rings is 1. The first-order chi connectivity index (χ1) is 11.1. The molecule has 0 aromatic heterocycles. The monoisotopic (exact) mass is 315 g/mol. The van der Waals surface area contributed by atoms with Crippen LogP contribution >= 0.6 is 0 Å². The van der Waals surface area contributed by atoms with Gasteiger partial charge in [0.1, 0.15) is 0 Å². The third kappa shape index (κ3) is 2.28. The fraction of sp³-hybridized carbons (Fsp3) is 0.529. The molecule has 0 bridgehead atoms. The molecule has 1 saturated carbocycles. The topological polar surface area (TPSA) is 86.9 Å². The number of rotatable bonds is 2. The second kappa shape index (κ2) is 5.23. The van der Waals surface area contributed by atoms with E-state index in [1.165, 1.54) is 4.90 Å². The van der Waals surface area contributed by atoms with Crippen LogP contribution in [0.2, 0.25) is 0 Å². The van der Waals surface area contributed by atoms with Crippen LogP contribution < -0.4 is 5.73 Å². The number of hydrogen-bond acceptors (Lipinski definition) is 4. The molecular formula is C17H21N3O3. The molecule has 6 heteroatoms. The van der Waals surface area contributed by atoms with Crippen molar-refractivity contribution in [1.82, 2.24) is 9.80 Å². The smallest absolute Gasteiger partial charge is 0.259 e. The van der Waals surface area contributed by atoms with Crippen molar-refractivity contribution >= 4 is 17.5 Å². The molecule has 122 valence electrons. The van der Waals surface area contributed by atoms with Gasteiger partial charge in [-0.05, 0) is 31.7 Å². The Hall–Kier alpha value is -2.08. The number of aliphatic hydroxyl groups excluding tert-OH is 1. The number of fused-ring (bicyclic) bond motifs is 1. The molecule has 0 radical (unpaired) electrons. The van der Waals surface area contributed by atoms with Gasteiger partial charge in [-0.25, -0.2) is 0 Å². The highest BCUT2D eigenvalue weighted by atomic mass is 16.3. The lowest BCUT2D eigenvalue weighted by Gasteiger charge is -2.39. The van der Waals surface area contributed by atoms with Crippen LogP contribution in [0.5, 0.6) is 0 Å². The van der Waals surface area contributed by atoms with Crippen molar-refractivity contribution in [2.75, 3.05) is 18.8 Å². The van der Waals surface area contributed by atoms with E-state index in [4.69, 9.17) is 5.73 Å². The summed E-state index contributed by atoms with van der Waals surface area (Å²) >= 11 is 0. The zero-order chi connectivity index (χ0) is 16.1. The first-order valence-corrected chi connectivity index (χ1v) is 8.26. The number of aliphatic hydroxyl groups is 1. The van der Waals surface area contributed by atoms with E-state index in [-0.39, 0.29) is 23.8 Å². The summed E-state index contributed by atoms with van der Waals surface area (Å²) in [7, 11) is 0. The van der Waals surface area contributed by atoms with Crippen LogP contribution in [-0.2, 0) is 4.79 Å². The van der Waals surface area contributed by atoms with Crippen LogP contribution in [0.25, 0.3) is 0 Å². The Kier molecular flexibility index (Phi) is 3.30. The summed E-state index contributed by atoms with van der Waals surface area (Å²) in [5, 5.41) is 10.6. The van der Waals surface area contributed by atoms with Crippen LogP contribution in [0, 0.1) is 5.92 Å². The fourth-order valence-corrected chi connectivity index (χ4v) is 3.78. The third-order valence-corrected chi connectivity index (χ3v) is 5.15. The first kappa shape index (κ1) is 14.5. The third-order valence-electron chi connectivity index (χ3n) is 5.15. The predicted molar refractivity (Wildman–Crippen MR) is 84.3 cm³/mol. The van der Waals surface area contributed by atoms with Crippen molar-refractivity contribution in [3.8, 4) is 0 Å². The molecule has 4 rings (SSSR count). The first-order valence-electron chi connectivity index (χ1n) is 8.26. The zero-order valence-corrected chi connectivity index (χ0v) is 12.9. The summed E-state index contributed by atoms with van der Waals surface area (Å²) in [5.41, 5.74) is 7.29. The van der Waals surface area contributed by atoms with Gasteiger partial charge < -0.3 is 20.6 Å². The Bertz CT molecular complexity index is 671. The summed E-state index contributed by atoms with van der Waals surface area (Å²) < 4.78 is 0. The van der Waals surface area contributed by atoms with Gasteiger partial charge in [-0.1, -0.05) is 12.1 Å². The average molecular weight is 315 g/mol. The van der Waals surface area contributed by atoms with Gasteiger partial charge in [0.2, 0.25) is 5.91 Å².